The third-order valence-corrected chi connectivity index (χ3v) is 1.42. The van der Waals surface area contributed by atoms with Crippen LogP contribution in [-0.2, 0) is 0 Å². The lowest BCUT2D eigenvalue weighted by molar-refractivity contribution is 0.312. The van der Waals surface area contributed by atoms with Gasteiger partial charge < -0.3 is 10.9 Å². The number of rotatable bonds is 3. The number of nitrogens with two attached hydrogens (primary N) is 1. The molecule has 5 heteroatoms. The number of hydrogen-bond donors (Lipinski definition) is 2. The fraction of sp³-hybridized carbons (Fsp3) is 1.00. The van der Waals surface area contributed by atoms with Crippen LogP contribution in [-0.4, -0.2) is 23.3 Å². The average molecular weight is 166 g/mol. The minimum atomic E-state index is 0.382. The van der Waals surface area contributed by atoms with E-state index in [1.807, 2.05) is 18.7 Å². The maximum absolute atomic E-state index is 8.11. The molecule has 0 aromatic heterocycles. The molecule has 0 bridgehead atoms. The van der Waals surface area contributed by atoms with Crippen LogP contribution in [0.1, 0.15) is 13.3 Å². The third kappa shape index (κ3) is 25.2. The summed E-state index contributed by atoms with van der Waals surface area (Å²) in [6.45, 7) is 2.04. The second kappa shape index (κ2) is 11.5. The number of hydrogen-bond acceptors (Lipinski definition) is 4. The van der Waals surface area contributed by atoms with Gasteiger partial charge in [-0.2, -0.15) is 11.8 Å². The zero-order valence-electron chi connectivity index (χ0n) is 6.28. The predicted molar refractivity (Wildman–Crippen MR) is 44.2 cm³/mol. The van der Waals surface area contributed by atoms with Crippen LogP contribution in [0.4, 0.5) is 0 Å². The summed E-state index contributed by atoms with van der Waals surface area (Å²) in [7, 11) is 0. The average Bonchev–Trinajstić information content (AvgIpc) is 1.85. The Kier molecular flexibility index (Phi) is 14.3. The predicted octanol–water partition coefficient (Wildman–Crippen LogP) is 1.23. The van der Waals surface area contributed by atoms with E-state index < -0.39 is 0 Å². The van der Waals surface area contributed by atoms with Crippen LogP contribution < -0.4 is 5.73 Å². The lowest BCUT2D eigenvalue weighted by Gasteiger charge is -1.99. The molecule has 0 heterocycles. The maximum atomic E-state index is 8.11. The van der Waals surface area contributed by atoms with E-state index in [0.717, 1.165) is 6.42 Å². The first kappa shape index (κ1) is 12.4. The van der Waals surface area contributed by atoms with E-state index >= 15 is 0 Å². The molecule has 0 fully saturated rings. The van der Waals surface area contributed by atoms with Gasteiger partial charge in [-0.05, 0) is 25.4 Å². The molecule has 0 saturated carbocycles. The molecule has 10 heavy (non-hydrogen) atoms. The molecular weight excluding hydrogens is 152 g/mol. The molecule has 1 unspecified atom stereocenters. The van der Waals surface area contributed by atoms with Gasteiger partial charge in [0.1, 0.15) is 0 Å². The molecule has 0 rings (SSSR count). The van der Waals surface area contributed by atoms with Crippen LogP contribution in [0.3, 0.4) is 0 Å². The van der Waals surface area contributed by atoms with Crippen molar-refractivity contribution in [1.29, 1.82) is 0 Å². The van der Waals surface area contributed by atoms with Crippen molar-refractivity contribution in [2.75, 3.05) is 12.0 Å². The van der Waals surface area contributed by atoms with E-state index in [9.17, 15) is 0 Å². The van der Waals surface area contributed by atoms with Crippen molar-refractivity contribution < 1.29 is 5.21 Å². The van der Waals surface area contributed by atoms with Crippen LogP contribution in [0.5, 0.6) is 0 Å². The van der Waals surface area contributed by atoms with Crippen LogP contribution in [0, 0.1) is 4.91 Å². The molecule has 0 aromatic rings. The van der Waals surface area contributed by atoms with Crippen LogP contribution in [0.25, 0.3) is 0 Å². The second-order valence-electron chi connectivity index (χ2n) is 1.84. The highest BCUT2D eigenvalue weighted by molar-refractivity contribution is 7.98. The van der Waals surface area contributed by atoms with Crippen molar-refractivity contribution in [3.63, 3.8) is 0 Å². The monoisotopic (exact) mass is 166 g/mol. The van der Waals surface area contributed by atoms with Crippen molar-refractivity contribution >= 4 is 11.8 Å². The van der Waals surface area contributed by atoms with Crippen molar-refractivity contribution in [2.45, 2.75) is 19.4 Å². The third-order valence-electron chi connectivity index (χ3n) is 0.777. The molecular formula is C5H14N2O2S. The summed E-state index contributed by atoms with van der Waals surface area (Å²) in [5.41, 5.74) is 5.47. The molecule has 0 spiro atoms. The SMILES string of the molecule is CSCCC(C)N.O=NO. The molecule has 0 aliphatic carbocycles. The molecule has 62 valence electrons. The van der Waals surface area contributed by atoms with Gasteiger partial charge in [0, 0.05) is 6.04 Å². The van der Waals surface area contributed by atoms with E-state index in [0.29, 0.717) is 6.04 Å². The molecule has 3 N–H and O–H groups in total. The topological polar surface area (TPSA) is 75.7 Å². The van der Waals surface area contributed by atoms with Crippen molar-refractivity contribution in [2.24, 2.45) is 11.1 Å². The van der Waals surface area contributed by atoms with Gasteiger partial charge in [0.25, 0.3) is 0 Å². The standard InChI is InChI=1S/C5H13NS.HNO2/c1-5(6)3-4-7-2;2-1-3/h5H,3-4,6H2,1-2H3;(H,2,3). The smallest absolute Gasteiger partial charge is 0.152 e. The summed E-state index contributed by atoms with van der Waals surface area (Å²) in [4.78, 5) is 8.11. The molecule has 1 atom stereocenters. The van der Waals surface area contributed by atoms with E-state index in [1.165, 1.54) is 11.1 Å². The van der Waals surface area contributed by atoms with Crippen LogP contribution >= 0.6 is 11.8 Å². The Balaban J connectivity index is 0. The van der Waals surface area contributed by atoms with Gasteiger partial charge in [0.2, 0.25) is 0 Å². The highest BCUT2D eigenvalue weighted by Gasteiger charge is 1.89. The van der Waals surface area contributed by atoms with Gasteiger partial charge in [-0.3, -0.25) is 0 Å². The summed E-state index contributed by atoms with van der Waals surface area (Å²) < 4.78 is 0. The summed E-state index contributed by atoms with van der Waals surface area (Å²) in [5, 5.41) is 7.89. The first-order valence-corrected chi connectivity index (χ1v) is 4.29. The van der Waals surface area contributed by atoms with E-state index in [4.69, 9.17) is 15.8 Å². The summed E-state index contributed by atoms with van der Waals surface area (Å²) in [6.07, 6.45) is 3.24. The Morgan fingerprint density at radius 3 is 2.30 bits per heavy atom. The maximum Gasteiger partial charge on any atom is 0.152 e. The fourth-order valence-electron chi connectivity index (χ4n) is 0.304. The fourth-order valence-corrected chi connectivity index (χ4v) is 0.911. The highest BCUT2D eigenvalue weighted by atomic mass is 32.2. The first-order chi connectivity index (χ1) is 4.68. The Morgan fingerprint density at radius 1 is 1.80 bits per heavy atom. The van der Waals surface area contributed by atoms with Gasteiger partial charge in [-0.25, -0.2) is 0 Å². The number of nitrogens with zero attached hydrogens (tertiary/aromatic N) is 1. The number of thioether (sulfide) groups is 1. The quantitative estimate of drug-likeness (QED) is 0.488. The normalized spacial score (nSPS) is 11.1. The van der Waals surface area contributed by atoms with Crippen LogP contribution in [0.2, 0.25) is 0 Å². The van der Waals surface area contributed by atoms with Gasteiger partial charge in [0.15, 0.2) is 5.34 Å². The lowest BCUT2D eigenvalue weighted by atomic mass is 10.3. The molecule has 0 aromatic carbocycles. The van der Waals surface area contributed by atoms with E-state index in [2.05, 4.69) is 6.26 Å². The van der Waals surface area contributed by atoms with Crippen LogP contribution in [0.15, 0.2) is 5.34 Å². The molecule has 0 saturated heterocycles. The van der Waals surface area contributed by atoms with Crippen molar-refractivity contribution in [1.82, 2.24) is 0 Å². The minimum Gasteiger partial charge on any atom is -0.379 e. The van der Waals surface area contributed by atoms with Crippen molar-refractivity contribution in [3.05, 3.63) is 4.91 Å². The Morgan fingerprint density at radius 2 is 2.20 bits per heavy atom. The summed E-state index contributed by atoms with van der Waals surface area (Å²) in [6, 6.07) is 0.382. The lowest BCUT2D eigenvalue weighted by Crippen LogP contribution is -2.14. The molecule has 0 amide bonds. The summed E-state index contributed by atoms with van der Waals surface area (Å²) >= 11 is 1.85. The Hall–Kier alpha value is -0.290. The van der Waals surface area contributed by atoms with Gasteiger partial charge in [-0.1, -0.05) is 0 Å². The Bertz CT molecular complexity index is 70.7. The van der Waals surface area contributed by atoms with Gasteiger partial charge >= 0.3 is 0 Å². The molecule has 4 nitrogen and oxygen atoms in total. The molecule has 0 aliphatic rings. The van der Waals surface area contributed by atoms with Gasteiger partial charge in [0.05, 0.1) is 0 Å². The van der Waals surface area contributed by atoms with Gasteiger partial charge in [-0.15, -0.1) is 4.91 Å². The first-order valence-electron chi connectivity index (χ1n) is 2.90. The largest absolute Gasteiger partial charge is 0.379 e. The van der Waals surface area contributed by atoms with Crippen molar-refractivity contribution in [3.8, 4) is 0 Å². The zero-order valence-corrected chi connectivity index (χ0v) is 7.10. The summed E-state index contributed by atoms with van der Waals surface area (Å²) in [5.74, 6) is 1.19. The molecule has 0 aliphatic heterocycles. The second-order valence-corrected chi connectivity index (χ2v) is 2.83. The highest BCUT2D eigenvalue weighted by Crippen LogP contribution is 1.96. The van der Waals surface area contributed by atoms with E-state index in [1.54, 1.807) is 0 Å². The Labute approximate surface area is 65.1 Å². The minimum absolute atomic E-state index is 0.382. The molecule has 0 radical (unpaired) electrons. The van der Waals surface area contributed by atoms with E-state index in [-0.39, 0.29) is 0 Å². The zero-order chi connectivity index (χ0) is 8.41.